The van der Waals surface area contributed by atoms with Gasteiger partial charge in [0.25, 0.3) is 0 Å². The second-order valence-corrected chi connectivity index (χ2v) is 11.3. The molecule has 0 unspecified atom stereocenters. The van der Waals surface area contributed by atoms with Crippen molar-refractivity contribution in [3.05, 3.63) is 11.6 Å². The molecule has 0 aliphatic carbocycles. The van der Waals surface area contributed by atoms with Crippen molar-refractivity contribution in [2.75, 3.05) is 6.61 Å². The molecule has 1 rings (SSSR count). The molecule has 0 bridgehead atoms. The van der Waals surface area contributed by atoms with Crippen LogP contribution in [0.3, 0.4) is 0 Å². The smallest absolute Gasteiger partial charge is 0.144 e. The second-order valence-electron chi connectivity index (χ2n) is 5.66. The average Bonchev–Trinajstić information content (AvgIpc) is 2.45. The third-order valence-electron chi connectivity index (χ3n) is 2.87. The lowest BCUT2D eigenvalue weighted by atomic mass is 9.90. The van der Waals surface area contributed by atoms with E-state index in [-0.39, 0.29) is 18.7 Å². The SMILES string of the molecule is B[C@@H]1O[C@H](CO)C=C1CCC[Si](C)(C)C. The Morgan fingerprint density at radius 3 is 2.60 bits per heavy atom. The van der Waals surface area contributed by atoms with E-state index in [0.29, 0.717) is 0 Å². The number of hydrogen-bond donors (Lipinski definition) is 1. The van der Waals surface area contributed by atoms with Crippen molar-refractivity contribution < 1.29 is 9.84 Å². The first-order valence-corrected chi connectivity index (χ1v) is 9.60. The van der Waals surface area contributed by atoms with Crippen LogP contribution in [0.1, 0.15) is 12.8 Å². The second kappa shape index (κ2) is 5.32. The molecule has 0 spiro atoms. The zero-order valence-electron chi connectivity index (χ0n) is 10.4. The molecular weight excluding hydrogens is 203 g/mol. The molecule has 0 aromatic rings. The number of ether oxygens (including phenoxy) is 1. The molecule has 0 aromatic heterocycles. The number of aliphatic hydroxyl groups excluding tert-OH is 1. The summed E-state index contributed by atoms with van der Waals surface area (Å²) < 4.78 is 5.57. The molecule has 4 heteroatoms. The van der Waals surface area contributed by atoms with E-state index in [0.717, 1.165) is 6.42 Å². The standard InChI is InChI=1S/C11H23BO2Si/c1-15(2,3)6-4-5-9-7-10(8-13)14-11(9)12/h7,10-11,13H,4-6,8,12H2,1-3H3/t10-,11+/m0/s1. The zero-order valence-corrected chi connectivity index (χ0v) is 11.4. The summed E-state index contributed by atoms with van der Waals surface area (Å²) in [4.78, 5) is 0. The lowest BCUT2D eigenvalue weighted by molar-refractivity contribution is 0.0553. The van der Waals surface area contributed by atoms with E-state index < -0.39 is 8.07 Å². The van der Waals surface area contributed by atoms with Gasteiger partial charge < -0.3 is 9.84 Å². The van der Waals surface area contributed by atoms with Crippen LogP contribution in [0.2, 0.25) is 25.7 Å². The lowest BCUT2D eigenvalue weighted by Gasteiger charge is -2.16. The maximum Gasteiger partial charge on any atom is 0.144 e. The van der Waals surface area contributed by atoms with Crippen LogP contribution in [0, 0.1) is 0 Å². The lowest BCUT2D eigenvalue weighted by Crippen LogP contribution is -2.19. The Morgan fingerprint density at radius 1 is 1.47 bits per heavy atom. The Hall–Kier alpha value is -0.0582. The van der Waals surface area contributed by atoms with E-state index in [1.807, 2.05) is 0 Å². The molecule has 0 amide bonds. The highest BCUT2D eigenvalue weighted by Crippen LogP contribution is 2.24. The van der Waals surface area contributed by atoms with Gasteiger partial charge in [-0.3, -0.25) is 0 Å². The van der Waals surface area contributed by atoms with Gasteiger partial charge in [-0.2, -0.15) is 0 Å². The summed E-state index contributed by atoms with van der Waals surface area (Å²) in [5.74, 6) is 0. The van der Waals surface area contributed by atoms with Gasteiger partial charge in [0.15, 0.2) is 0 Å². The third kappa shape index (κ3) is 4.53. The van der Waals surface area contributed by atoms with Crippen molar-refractivity contribution in [1.29, 1.82) is 0 Å². The molecule has 15 heavy (non-hydrogen) atoms. The van der Waals surface area contributed by atoms with Crippen molar-refractivity contribution in [2.45, 2.75) is 50.6 Å². The molecule has 1 N–H and O–H groups in total. The van der Waals surface area contributed by atoms with E-state index in [1.54, 1.807) is 0 Å². The zero-order chi connectivity index (χ0) is 11.5. The molecule has 0 saturated heterocycles. The Balaban J connectivity index is 2.32. The van der Waals surface area contributed by atoms with E-state index in [9.17, 15) is 0 Å². The van der Waals surface area contributed by atoms with Crippen LogP contribution >= 0.6 is 0 Å². The molecule has 0 radical (unpaired) electrons. The summed E-state index contributed by atoms with van der Waals surface area (Å²) >= 11 is 0. The predicted molar refractivity (Wildman–Crippen MR) is 69.8 cm³/mol. The van der Waals surface area contributed by atoms with Crippen molar-refractivity contribution in [3.63, 3.8) is 0 Å². The fraction of sp³-hybridized carbons (Fsp3) is 0.818. The highest BCUT2D eigenvalue weighted by atomic mass is 28.3. The maximum absolute atomic E-state index is 8.99. The van der Waals surface area contributed by atoms with E-state index >= 15 is 0 Å². The number of aliphatic hydroxyl groups is 1. The number of hydrogen-bond acceptors (Lipinski definition) is 2. The Morgan fingerprint density at radius 2 is 2.13 bits per heavy atom. The van der Waals surface area contributed by atoms with Gasteiger partial charge >= 0.3 is 0 Å². The van der Waals surface area contributed by atoms with E-state index in [2.05, 4.69) is 33.6 Å². The minimum Gasteiger partial charge on any atom is -0.393 e. The van der Waals surface area contributed by atoms with Gasteiger partial charge in [0, 0.05) is 14.1 Å². The molecule has 0 saturated carbocycles. The van der Waals surface area contributed by atoms with Gasteiger partial charge in [-0.1, -0.05) is 43.8 Å². The molecular formula is C11H23BO2Si. The van der Waals surface area contributed by atoms with E-state index in [1.165, 1.54) is 18.0 Å². The first kappa shape index (κ1) is 13.0. The normalized spacial score (nSPS) is 26.8. The van der Waals surface area contributed by atoms with Crippen LogP contribution < -0.4 is 0 Å². The summed E-state index contributed by atoms with van der Waals surface area (Å²) in [5, 5.41) is 8.99. The summed E-state index contributed by atoms with van der Waals surface area (Å²) in [6.07, 6.45) is 4.46. The molecule has 1 aliphatic rings. The van der Waals surface area contributed by atoms with Gasteiger partial charge in [-0.15, -0.1) is 0 Å². The molecule has 86 valence electrons. The Bertz CT molecular complexity index is 235. The molecule has 2 nitrogen and oxygen atoms in total. The minimum atomic E-state index is -0.894. The Kier molecular flexibility index (Phi) is 4.62. The molecule has 0 aromatic carbocycles. The summed E-state index contributed by atoms with van der Waals surface area (Å²) in [7, 11) is 1.19. The molecule has 1 heterocycles. The monoisotopic (exact) mass is 226 g/mol. The fourth-order valence-electron chi connectivity index (χ4n) is 1.97. The fourth-order valence-corrected chi connectivity index (χ4v) is 3.21. The van der Waals surface area contributed by atoms with Crippen LogP contribution in [-0.4, -0.2) is 39.7 Å². The van der Waals surface area contributed by atoms with Crippen LogP contribution in [0.4, 0.5) is 0 Å². The predicted octanol–water partition coefficient (Wildman–Crippen LogP) is 1.38. The van der Waals surface area contributed by atoms with Crippen LogP contribution in [0.15, 0.2) is 11.6 Å². The Labute approximate surface area is 95.1 Å². The molecule has 2 atom stereocenters. The van der Waals surface area contributed by atoms with Crippen molar-refractivity contribution in [2.24, 2.45) is 0 Å². The van der Waals surface area contributed by atoms with Gasteiger partial charge in [0.1, 0.15) is 7.85 Å². The van der Waals surface area contributed by atoms with Gasteiger partial charge in [0.05, 0.1) is 12.7 Å². The van der Waals surface area contributed by atoms with Crippen molar-refractivity contribution in [3.8, 4) is 0 Å². The van der Waals surface area contributed by atoms with Gasteiger partial charge in [0.2, 0.25) is 0 Å². The quantitative estimate of drug-likeness (QED) is 0.567. The van der Waals surface area contributed by atoms with Gasteiger partial charge in [-0.25, -0.2) is 0 Å². The molecule has 1 aliphatic heterocycles. The topological polar surface area (TPSA) is 29.5 Å². The average molecular weight is 226 g/mol. The first-order valence-electron chi connectivity index (χ1n) is 5.89. The largest absolute Gasteiger partial charge is 0.393 e. The number of rotatable bonds is 5. The molecule has 0 fully saturated rings. The maximum atomic E-state index is 8.99. The minimum absolute atomic E-state index is 0.0538. The summed E-state index contributed by atoms with van der Waals surface area (Å²) in [5.41, 5.74) is 1.38. The highest BCUT2D eigenvalue weighted by molar-refractivity contribution is 6.76. The van der Waals surface area contributed by atoms with Crippen LogP contribution in [-0.2, 0) is 4.74 Å². The van der Waals surface area contributed by atoms with E-state index in [4.69, 9.17) is 9.84 Å². The highest BCUT2D eigenvalue weighted by Gasteiger charge is 2.22. The van der Waals surface area contributed by atoms with Crippen LogP contribution in [0.25, 0.3) is 0 Å². The van der Waals surface area contributed by atoms with Crippen molar-refractivity contribution >= 4 is 15.9 Å². The van der Waals surface area contributed by atoms with Crippen molar-refractivity contribution in [1.82, 2.24) is 0 Å². The first-order chi connectivity index (χ1) is 6.92. The summed E-state index contributed by atoms with van der Waals surface area (Å²) in [6, 6.07) is 1.59. The summed E-state index contributed by atoms with van der Waals surface area (Å²) in [6.45, 7) is 7.34. The third-order valence-corrected chi connectivity index (χ3v) is 4.73. The van der Waals surface area contributed by atoms with Gasteiger partial charge in [-0.05, 0) is 6.42 Å². The van der Waals surface area contributed by atoms with Crippen LogP contribution in [0.5, 0.6) is 0 Å².